The van der Waals surface area contributed by atoms with Crippen molar-refractivity contribution in [2.75, 3.05) is 14.2 Å². The fourth-order valence-electron chi connectivity index (χ4n) is 1.58. The molecule has 1 unspecified atom stereocenters. The van der Waals surface area contributed by atoms with Crippen molar-refractivity contribution in [2.24, 2.45) is 0 Å². The van der Waals surface area contributed by atoms with Crippen LogP contribution >= 0.6 is 0 Å². The first-order valence-electron chi connectivity index (χ1n) is 4.16. The highest BCUT2D eigenvalue weighted by atomic mass is 16.5. The van der Waals surface area contributed by atoms with Gasteiger partial charge in [0.05, 0.1) is 7.11 Å². The largest absolute Gasteiger partial charge is 0.496 e. The molecular formula is C11H11O2. The predicted molar refractivity (Wildman–Crippen MR) is 50.0 cm³/mol. The Hall–Kier alpha value is -1.28. The minimum Gasteiger partial charge on any atom is -0.496 e. The van der Waals surface area contributed by atoms with Crippen molar-refractivity contribution in [1.29, 1.82) is 0 Å². The number of hydrogen-bond acceptors (Lipinski definition) is 2. The van der Waals surface area contributed by atoms with Crippen LogP contribution in [0.4, 0.5) is 0 Å². The normalized spacial score (nSPS) is 19.5. The van der Waals surface area contributed by atoms with Gasteiger partial charge < -0.3 is 9.47 Å². The molecule has 1 aromatic carbocycles. The Kier molecular flexibility index (Phi) is 2.07. The van der Waals surface area contributed by atoms with Crippen LogP contribution in [-0.2, 0) is 9.47 Å². The Morgan fingerprint density at radius 1 is 1.38 bits per heavy atom. The molecule has 1 aliphatic carbocycles. The van der Waals surface area contributed by atoms with Crippen LogP contribution in [0.25, 0.3) is 5.76 Å². The van der Waals surface area contributed by atoms with Gasteiger partial charge in [-0.15, -0.1) is 0 Å². The van der Waals surface area contributed by atoms with Gasteiger partial charge in [0.25, 0.3) is 0 Å². The van der Waals surface area contributed by atoms with Gasteiger partial charge in [-0.2, -0.15) is 0 Å². The van der Waals surface area contributed by atoms with E-state index < -0.39 is 0 Å². The standard InChI is InChI=1S/C11H11O2/c1-12-10-7-11(13-2)9-6-4-3-5-8(9)10/h3-5,7,10H,1-2H3. The Labute approximate surface area is 77.8 Å². The lowest BCUT2D eigenvalue weighted by atomic mass is 10.1. The molecular weight excluding hydrogens is 164 g/mol. The summed E-state index contributed by atoms with van der Waals surface area (Å²) in [4.78, 5) is 0. The summed E-state index contributed by atoms with van der Waals surface area (Å²) in [6, 6.07) is 9.01. The lowest BCUT2D eigenvalue weighted by molar-refractivity contribution is 0.144. The molecule has 0 saturated heterocycles. The van der Waals surface area contributed by atoms with Crippen LogP contribution in [0.5, 0.6) is 0 Å². The maximum Gasteiger partial charge on any atom is 0.126 e. The summed E-state index contributed by atoms with van der Waals surface area (Å²) < 4.78 is 10.5. The van der Waals surface area contributed by atoms with Gasteiger partial charge in [0.1, 0.15) is 11.9 Å². The Balaban J connectivity index is 2.47. The number of methoxy groups -OCH3 is 2. The summed E-state index contributed by atoms with van der Waals surface area (Å²) in [5.41, 5.74) is 2.14. The van der Waals surface area contributed by atoms with Gasteiger partial charge in [-0.25, -0.2) is 0 Å². The first kappa shape index (κ1) is 8.32. The van der Waals surface area contributed by atoms with Crippen molar-refractivity contribution in [2.45, 2.75) is 6.10 Å². The first-order valence-corrected chi connectivity index (χ1v) is 4.16. The molecule has 0 saturated carbocycles. The van der Waals surface area contributed by atoms with E-state index in [1.165, 1.54) is 0 Å². The third-order valence-electron chi connectivity index (χ3n) is 2.22. The number of rotatable bonds is 2. The summed E-state index contributed by atoms with van der Waals surface area (Å²) in [6.07, 6.45) is 1.98. The summed E-state index contributed by atoms with van der Waals surface area (Å²) in [6.45, 7) is 0. The molecule has 13 heavy (non-hydrogen) atoms. The third-order valence-corrected chi connectivity index (χ3v) is 2.22. The Morgan fingerprint density at radius 2 is 2.23 bits per heavy atom. The van der Waals surface area contributed by atoms with Crippen molar-refractivity contribution in [3.8, 4) is 0 Å². The van der Waals surface area contributed by atoms with Crippen LogP contribution in [0.15, 0.2) is 24.3 Å². The topological polar surface area (TPSA) is 18.5 Å². The molecule has 0 fully saturated rings. The highest BCUT2D eigenvalue weighted by Gasteiger charge is 2.23. The van der Waals surface area contributed by atoms with E-state index in [1.54, 1.807) is 14.2 Å². The molecule has 1 radical (unpaired) electrons. The summed E-state index contributed by atoms with van der Waals surface area (Å²) in [5.74, 6) is 0.849. The van der Waals surface area contributed by atoms with Crippen LogP contribution in [0.3, 0.4) is 0 Å². The van der Waals surface area contributed by atoms with Gasteiger partial charge in [-0.3, -0.25) is 0 Å². The number of hydrogen-bond donors (Lipinski definition) is 0. The highest BCUT2D eigenvalue weighted by molar-refractivity contribution is 5.69. The minimum atomic E-state index is 0.0161. The molecule has 0 aromatic heterocycles. The van der Waals surface area contributed by atoms with Crippen molar-refractivity contribution in [3.63, 3.8) is 0 Å². The maximum absolute atomic E-state index is 5.29. The minimum absolute atomic E-state index is 0.0161. The fourth-order valence-corrected chi connectivity index (χ4v) is 1.58. The second kappa shape index (κ2) is 3.23. The van der Waals surface area contributed by atoms with E-state index in [0.717, 1.165) is 16.9 Å². The number of ether oxygens (including phenoxy) is 2. The van der Waals surface area contributed by atoms with Crippen molar-refractivity contribution in [3.05, 3.63) is 41.5 Å². The smallest absolute Gasteiger partial charge is 0.126 e. The van der Waals surface area contributed by atoms with Crippen LogP contribution in [0, 0.1) is 6.07 Å². The Morgan fingerprint density at radius 3 is 2.92 bits per heavy atom. The average Bonchev–Trinajstić information content (AvgIpc) is 2.56. The van der Waals surface area contributed by atoms with Gasteiger partial charge in [-0.1, -0.05) is 18.2 Å². The molecule has 0 amide bonds. The molecule has 1 aromatic rings. The van der Waals surface area contributed by atoms with Gasteiger partial charge in [-0.05, 0) is 17.7 Å². The molecule has 2 rings (SSSR count). The van der Waals surface area contributed by atoms with E-state index >= 15 is 0 Å². The molecule has 2 heteroatoms. The van der Waals surface area contributed by atoms with Gasteiger partial charge in [0.2, 0.25) is 0 Å². The lowest BCUT2D eigenvalue weighted by Gasteiger charge is -2.06. The van der Waals surface area contributed by atoms with Crippen LogP contribution in [0.2, 0.25) is 0 Å². The van der Waals surface area contributed by atoms with E-state index in [0.29, 0.717) is 0 Å². The van der Waals surface area contributed by atoms with E-state index in [1.807, 2.05) is 24.3 Å². The summed E-state index contributed by atoms with van der Waals surface area (Å²) >= 11 is 0. The Bertz CT molecular complexity index is 342. The fraction of sp³-hybridized carbons (Fsp3) is 0.273. The van der Waals surface area contributed by atoms with E-state index in [4.69, 9.17) is 9.47 Å². The monoisotopic (exact) mass is 175 g/mol. The van der Waals surface area contributed by atoms with Crippen LogP contribution < -0.4 is 0 Å². The molecule has 2 nitrogen and oxygen atoms in total. The number of fused-ring (bicyclic) bond motifs is 1. The average molecular weight is 175 g/mol. The van der Waals surface area contributed by atoms with E-state index in [2.05, 4.69) is 6.07 Å². The zero-order valence-corrected chi connectivity index (χ0v) is 7.70. The molecule has 1 atom stereocenters. The zero-order chi connectivity index (χ0) is 9.26. The maximum atomic E-state index is 5.29. The van der Waals surface area contributed by atoms with Gasteiger partial charge in [0.15, 0.2) is 0 Å². The number of benzene rings is 1. The molecule has 0 N–H and O–H groups in total. The molecule has 1 aliphatic rings. The molecule has 0 heterocycles. The zero-order valence-electron chi connectivity index (χ0n) is 7.70. The first-order chi connectivity index (χ1) is 6.36. The van der Waals surface area contributed by atoms with Crippen LogP contribution in [0.1, 0.15) is 17.2 Å². The van der Waals surface area contributed by atoms with Crippen LogP contribution in [-0.4, -0.2) is 14.2 Å². The van der Waals surface area contributed by atoms with E-state index in [-0.39, 0.29) is 6.10 Å². The molecule has 0 aliphatic heterocycles. The highest BCUT2D eigenvalue weighted by Crippen LogP contribution is 2.35. The van der Waals surface area contributed by atoms with Gasteiger partial charge >= 0.3 is 0 Å². The van der Waals surface area contributed by atoms with Crippen molar-refractivity contribution < 1.29 is 9.47 Å². The molecule has 0 spiro atoms. The van der Waals surface area contributed by atoms with Crippen molar-refractivity contribution in [1.82, 2.24) is 0 Å². The van der Waals surface area contributed by atoms with Crippen molar-refractivity contribution >= 4 is 5.76 Å². The SMILES string of the molecule is COC1=CC(OC)c2ccc[c]c21. The third kappa shape index (κ3) is 1.23. The quantitative estimate of drug-likeness (QED) is 0.685. The second-order valence-electron chi connectivity index (χ2n) is 2.89. The molecule has 0 bridgehead atoms. The molecule has 67 valence electrons. The predicted octanol–water partition coefficient (Wildman–Crippen LogP) is 2.18. The summed E-state index contributed by atoms with van der Waals surface area (Å²) in [5, 5.41) is 0. The second-order valence-corrected chi connectivity index (χ2v) is 2.89. The lowest BCUT2D eigenvalue weighted by Crippen LogP contribution is -1.94. The summed E-state index contributed by atoms with van der Waals surface area (Å²) in [7, 11) is 3.35. The van der Waals surface area contributed by atoms with E-state index in [9.17, 15) is 0 Å². The van der Waals surface area contributed by atoms with Gasteiger partial charge in [0, 0.05) is 12.7 Å².